The van der Waals surface area contributed by atoms with Crippen LogP contribution in [0.5, 0.6) is 0 Å². The summed E-state index contributed by atoms with van der Waals surface area (Å²) >= 11 is 3.16. The number of alkyl halides is 1. The minimum Gasteiger partial charge on any atom is -0.457 e. The smallest absolute Gasteiger partial charge is 0.330 e. The highest BCUT2D eigenvalue weighted by Crippen LogP contribution is 2.06. The molecular formula is C8H13BrO2. The van der Waals surface area contributed by atoms with Gasteiger partial charge < -0.3 is 4.74 Å². The first-order chi connectivity index (χ1) is 4.95. The van der Waals surface area contributed by atoms with Crippen molar-refractivity contribution in [1.29, 1.82) is 0 Å². The molecule has 0 aromatic carbocycles. The fourth-order valence-electron chi connectivity index (χ4n) is 0.477. The van der Waals surface area contributed by atoms with Crippen molar-refractivity contribution in [2.24, 2.45) is 0 Å². The third-order valence-electron chi connectivity index (χ3n) is 0.750. The highest BCUT2D eigenvalue weighted by Gasteiger charge is 2.13. The van der Waals surface area contributed by atoms with Crippen LogP contribution in [-0.4, -0.2) is 16.9 Å². The monoisotopic (exact) mass is 220 g/mol. The van der Waals surface area contributed by atoms with E-state index in [4.69, 9.17) is 4.74 Å². The fraction of sp³-hybridized carbons (Fsp3) is 0.625. The Morgan fingerprint density at radius 3 is 2.45 bits per heavy atom. The molecule has 0 aliphatic rings. The zero-order valence-corrected chi connectivity index (χ0v) is 8.64. The number of halogens is 1. The molecule has 0 rings (SSSR count). The number of carbonyl (C=O) groups is 1. The first-order valence-electron chi connectivity index (χ1n) is 3.41. The molecule has 0 bridgehead atoms. The summed E-state index contributed by atoms with van der Waals surface area (Å²) < 4.78 is 4.99. The van der Waals surface area contributed by atoms with Crippen LogP contribution >= 0.6 is 15.9 Å². The van der Waals surface area contributed by atoms with E-state index in [9.17, 15) is 4.79 Å². The molecule has 11 heavy (non-hydrogen) atoms. The second kappa shape index (κ2) is 4.54. The van der Waals surface area contributed by atoms with Gasteiger partial charge >= 0.3 is 5.97 Å². The molecule has 0 aromatic rings. The Balaban J connectivity index is 3.80. The van der Waals surface area contributed by atoms with E-state index in [1.165, 1.54) is 6.08 Å². The minimum atomic E-state index is -0.395. The van der Waals surface area contributed by atoms with Gasteiger partial charge in [-0.25, -0.2) is 4.79 Å². The van der Waals surface area contributed by atoms with Crippen molar-refractivity contribution in [3.63, 3.8) is 0 Å². The number of esters is 1. The van der Waals surface area contributed by atoms with Crippen LogP contribution in [0.2, 0.25) is 0 Å². The van der Waals surface area contributed by atoms with Gasteiger partial charge in [0.05, 0.1) is 0 Å². The number of allylic oxidation sites excluding steroid dienone is 1. The second-order valence-electron chi connectivity index (χ2n) is 3.09. The lowest BCUT2D eigenvalue weighted by molar-refractivity contribution is -0.148. The van der Waals surface area contributed by atoms with Crippen molar-refractivity contribution in [1.82, 2.24) is 0 Å². The van der Waals surface area contributed by atoms with Gasteiger partial charge in [-0.1, -0.05) is 22.0 Å². The molecule has 64 valence electrons. The molecule has 0 N–H and O–H groups in total. The van der Waals surface area contributed by atoms with Crippen molar-refractivity contribution in [3.8, 4) is 0 Å². The summed E-state index contributed by atoms with van der Waals surface area (Å²) in [5.41, 5.74) is -0.395. The van der Waals surface area contributed by atoms with E-state index in [1.54, 1.807) is 6.08 Å². The molecule has 0 amide bonds. The quantitative estimate of drug-likeness (QED) is 0.406. The number of carbonyl (C=O) groups excluding carboxylic acids is 1. The van der Waals surface area contributed by atoms with Crippen molar-refractivity contribution in [2.75, 3.05) is 5.33 Å². The summed E-state index contributed by atoms with van der Waals surface area (Å²) in [6, 6.07) is 0. The summed E-state index contributed by atoms with van der Waals surface area (Å²) in [6.07, 6.45) is 3.12. The van der Waals surface area contributed by atoms with E-state index in [-0.39, 0.29) is 5.97 Å². The van der Waals surface area contributed by atoms with Gasteiger partial charge in [0, 0.05) is 11.4 Å². The van der Waals surface area contributed by atoms with Crippen LogP contribution < -0.4 is 0 Å². The maximum absolute atomic E-state index is 10.9. The Kier molecular flexibility index (Phi) is 4.42. The first-order valence-corrected chi connectivity index (χ1v) is 4.53. The van der Waals surface area contributed by atoms with E-state index < -0.39 is 5.60 Å². The second-order valence-corrected chi connectivity index (χ2v) is 3.74. The van der Waals surface area contributed by atoms with Crippen molar-refractivity contribution in [3.05, 3.63) is 12.2 Å². The average Bonchev–Trinajstić information content (AvgIpc) is 1.79. The highest BCUT2D eigenvalue weighted by atomic mass is 79.9. The normalized spacial score (nSPS) is 12.0. The van der Waals surface area contributed by atoms with Crippen LogP contribution in [-0.2, 0) is 9.53 Å². The van der Waals surface area contributed by atoms with Crippen molar-refractivity contribution in [2.45, 2.75) is 26.4 Å². The molecule has 0 atom stereocenters. The maximum atomic E-state index is 10.9. The summed E-state index contributed by atoms with van der Waals surface area (Å²) in [5, 5.41) is 0.673. The van der Waals surface area contributed by atoms with Gasteiger partial charge in [0.25, 0.3) is 0 Å². The molecule has 3 heteroatoms. The molecule has 0 saturated heterocycles. The lowest BCUT2D eigenvalue weighted by atomic mass is 10.2. The van der Waals surface area contributed by atoms with Crippen molar-refractivity contribution < 1.29 is 9.53 Å². The van der Waals surface area contributed by atoms with Gasteiger partial charge in [-0.15, -0.1) is 0 Å². The zero-order chi connectivity index (χ0) is 8.91. The van der Waals surface area contributed by atoms with E-state index >= 15 is 0 Å². The maximum Gasteiger partial charge on any atom is 0.330 e. The summed E-state index contributed by atoms with van der Waals surface area (Å²) in [6.45, 7) is 5.52. The van der Waals surface area contributed by atoms with Crippen LogP contribution in [0.4, 0.5) is 0 Å². The van der Waals surface area contributed by atoms with Gasteiger partial charge in [-0.3, -0.25) is 0 Å². The largest absolute Gasteiger partial charge is 0.457 e. The molecule has 2 nitrogen and oxygen atoms in total. The van der Waals surface area contributed by atoms with Crippen LogP contribution in [0, 0.1) is 0 Å². The van der Waals surface area contributed by atoms with Gasteiger partial charge in [0.2, 0.25) is 0 Å². The molecule has 0 heterocycles. The third-order valence-corrected chi connectivity index (χ3v) is 1.12. The number of hydrogen-bond acceptors (Lipinski definition) is 2. The SMILES string of the molecule is CC(C)(C)OC(=O)/C=C/CBr. The molecule has 0 saturated carbocycles. The van der Waals surface area contributed by atoms with Crippen molar-refractivity contribution >= 4 is 21.9 Å². The van der Waals surface area contributed by atoms with Gasteiger partial charge in [0.15, 0.2) is 0 Å². The first kappa shape index (κ1) is 10.7. The number of hydrogen-bond donors (Lipinski definition) is 0. The number of ether oxygens (including phenoxy) is 1. The average molecular weight is 221 g/mol. The number of rotatable bonds is 2. The Labute approximate surface area is 75.7 Å². The molecule has 0 aromatic heterocycles. The Bertz CT molecular complexity index is 156. The summed E-state index contributed by atoms with van der Waals surface area (Å²) in [5.74, 6) is -0.294. The molecule has 0 radical (unpaired) electrons. The summed E-state index contributed by atoms with van der Waals surface area (Å²) in [7, 11) is 0. The summed E-state index contributed by atoms with van der Waals surface area (Å²) in [4.78, 5) is 10.9. The molecule has 0 unspecified atom stereocenters. The van der Waals surface area contributed by atoms with Crippen LogP contribution in [0.25, 0.3) is 0 Å². The minimum absolute atomic E-state index is 0.294. The third kappa shape index (κ3) is 7.59. The van der Waals surface area contributed by atoms with Gasteiger partial charge in [-0.2, -0.15) is 0 Å². The Morgan fingerprint density at radius 1 is 1.55 bits per heavy atom. The molecule has 0 spiro atoms. The van der Waals surface area contributed by atoms with E-state index in [0.29, 0.717) is 5.33 Å². The fourth-order valence-corrected chi connectivity index (χ4v) is 0.663. The molecule has 0 aliphatic heterocycles. The molecule has 0 fully saturated rings. The standard InChI is InChI=1S/C8H13BrO2/c1-8(2,3)11-7(10)5-4-6-9/h4-5H,6H2,1-3H3/b5-4+. The van der Waals surface area contributed by atoms with Gasteiger partial charge in [-0.05, 0) is 20.8 Å². The molecular weight excluding hydrogens is 208 g/mol. The van der Waals surface area contributed by atoms with E-state index in [0.717, 1.165) is 0 Å². The lowest BCUT2D eigenvalue weighted by Gasteiger charge is -2.17. The van der Waals surface area contributed by atoms with Gasteiger partial charge in [0.1, 0.15) is 5.60 Å². The Morgan fingerprint density at radius 2 is 2.09 bits per heavy atom. The van der Waals surface area contributed by atoms with Crippen LogP contribution in [0.15, 0.2) is 12.2 Å². The predicted molar refractivity (Wildman–Crippen MR) is 48.8 cm³/mol. The van der Waals surface area contributed by atoms with Crippen LogP contribution in [0.3, 0.4) is 0 Å². The Hall–Kier alpha value is -0.310. The lowest BCUT2D eigenvalue weighted by Crippen LogP contribution is -2.22. The predicted octanol–water partition coefficient (Wildman–Crippen LogP) is 2.28. The van der Waals surface area contributed by atoms with E-state index in [2.05, 4.69) is 15.9 Å². The van der Waals surface area contributed by atoms with E-state index in [1.807, 2.05) is 20.8 Å². The molecule has 0 aliphatic carbocycles. The highest BCUT2D eigenvalue weighted by molar-refractivity contribution is 9.09. The topological polar surface area (TPSA) is 26.3 Å². The zero-order valence-electron chi connectivity index (χ0n) is 7.06. The van der Waals surface area contributed by atoms with Crippen LogP contribution in [0.1, 0.15) is 20.8 Å².